The van der Waals surface area contributed by atoms with Gasteiger partial charge in [-0.1, -0.05) is 35.9 Å². The van der Waals surface area contributed by atoms with Gasteiger partial charge >= 0.3 is 6.18 Å². The van der Waals surface area contributed by atoms with Crippen LogP contribution < -0.4 is 10.6 Å². The maximum Gasteiger partial charge on any atom is 0.416 e. The zero-order chi connectivity index (χ0) is 23.1. The summed E-state index contributed by atoms with van der Waals surface area (Å²) in [6.45, 7) is 2.49. The second kappa shape index (κ2) is 11.1. The number of carbonyl (C=O) groups is 1. The number of halogens is 4. The minimum absolute atomic E-state index is 0.0228. The summed E-state index contributed by atoms with van der Waals surface area (Å²) in [5.41, 5.74) is 1.10. The molecule has 1 heterocycles. The first-order valence-corrected chi connectivity index (χ1v) is 10.8. The van der Waals surface area contributed by atoms with E-state index in [-0.39, 0.29) is 18.0 Å². The van der Waals surface area contributed by atoms with Crippen LogP contribution in [0, 0.1) is 0 Å². The van der Waals surface area contributed by atoms with Crippen molar-refractivity contribution in [1.29, 1.82) is 0 Å². The largest absolute Gasteiger partial charge is 0.416 e. The lowest BCUT2D eigenvalue weighted by Crippen LogP contribution is -2.43. The summed E-state index contributed by atoms with van der Waals surface area (Å²) in [6.07, 6.45) is -3.75. The molecule has 9 heteroatoms. The van der Waals surface area contributed by atoms with E-state index in [1.165, 1.54) is 12.1 Å². The molecule has 3 rings (SSSR count). The van der Waals surface area contributed by atoms with Crippen molar-refractivity contribution < 1.29 is 22.7 Å². The predicted molar refractivity (Wildman–Crippen MR) is 117 cm³/mol. The summed E-state index contributed by atoms with van der Waals surface area (Å²) >= 11 is 6.10. The molecule has 1 aliphatic rings. The summed E-state index contributed by atoms with van der Waals surface area (Å²) in [5, 5.41) is 6.92. The third-order valence-corrected chi connectivity index (χ3v) is 5.70. The maximum absolute atomic E-state index is 12.8. The van der Waals surface area contributed by atoms with E-state index in [4.69, 9.17) is 16.3 Å². The van der Waals surface area contributed by atoms with Crippen molar-refractivity contribution in [1.82, 2.24) is 15.5 Å². The molecule has 2 aromatic rings. The number of hydrogen-bond acceptors (Lipinski definition) is 4. The lowest BCUT2D eigenvalue weighted by Gasteiger charge is -2.23. The highest BCUT2D eigenvalue weighted by Crippen LogP contribution is 2.29. The van der Waals surface area contributed by atoms with Gasteiger partial charge in [-0.3, -0.25) is 9.69 Å². The molecule has 5 nitrogen and oxygen atoms in total. The molecule has 2 N–H and O–H groups in total. The summed E-state index contributed by atoms with van der Waals surface area (Å²) in [6, 6.07) is 12.4. The van der Waals surface area contributed by atoms with Gasteiger partial charge in [-0.2, -0.15) is 13.2 Å². The van der Waals surface area contributed by atoms with Crippen molar-refractivity contribution in [2.24, 2.45) is 0 Å². The van der Waals surface area contributed by atoms with Crippen molar-refractivity contribution in [2.75, 3.05) is 26.8 Å². The van der Waals surface area contributed by atoms with E-state index >= 15 is 0 Å². The Morgan fingerprint density at radius 3 is 2.59 bits per heavy atom. The van der Waals surface area contributed by atoms with Gasteiger partial charge in [0.1, 0.15) is 0 Å². The molecule has 1 fully saturated rings. The fourth-order valence-corrected chi connectivity index (χ4v) is 4.05. The molecular formula is C23H27ClF3N3O2. The van der Waals surface area contributed by atoms with E-state index in [2.05, 4.69) is 15.5 Å². The fraction of sp³-hybridized carbons (Fsp3) is 0.435. The van der Waals surface area contributed by atoms with Gasteiger partial charge in [0.15, 0.2) is 0 Å². The molecule has 0 spiro atoms. The summed E-state index contributed by atoms with van der Waals surface area (Å²) in [5.74, 6) is -0.0668. The predicted octanol–water partition coefficient (Wildman–Crippen LogP) is 3.85. The third kappa shape index (κ3) is 6.93. The number of nitrogens with zero attached hydrogens (tertiary/aromatic N) is 1. The number of nitrogens with one attached hydrogen (secondary N) is 2. The van der Waals surface area contributed by atoms with Crippen LogP contribution in [0.4, 0.5) is 13.2 Å². The first-order chi connectivity index (χ1) is 15.3. The Balaban J connectivity index is 1.63. The van der Waals surface area contributed by atoms with Crippen molar-refractivity contribution >= 4 is 17.5 Å². The van der Waals surface area contributed by atoms with Crippen molar-refractivity contribution in [3.05, 3.63) is 70.2 Å². The van der Waals surface area contributed by atoms with Gasteiger partial charge in [-0.15, -0.1) is 0 Å². The highest BCUT2D eigenvalue weighted by molar-refractivity contribution is 6.30. The smallest absolute Gasteiger partial charge is 0.383 e. The normalized spacial score (nSPS) is 19.3. The van der Waals surface area contributed by atoms with Crippen molar-refractivity contribution in [2.45, 2.75) is 37.8 Å². The number of alkyl halides is 3. The summed E-state index contributed by atoms with van der Waals surface area (Å²) in [4.78, 5) is 14.9. The Labute approximate surface area is 190 Å². The first kappa shape index (κ1) is 24.5. The number of likely N-dealkylation sites (tertiary alicyclic amines) is 1. The molecule has 2 atom stereocenters. The average molecular weight is 470 g/mol. The topological polar surface area (TPSA) is 53.6 Å². The number of amides is 1. The highest BCUT2D eigenvalue weighted by Gasteiger charge is 2.36. The van der Waals surface area contributed by atoms with Gasteiger partial charge in [0.25, 0.3) is 0 Å². The fourth-order valence-electron chi connectivity index (χ4n) is 3.84. The van der Waals surface area contributed by atoms with Crippen LogP contribution in [-0.4, -0.2) is 49.7 Å². The third-order valence-electron chi connectivity index (χ3n) is 5.46. The highest BCUT2D eigenvalue weighted by atomic mass is 35.5. The molecule has 0 unspecified atom stereocenters. The number of ether oxygens (including phenoxy) is 1. The molecule has 174 valence electrons. The number of rotatable bonds is 9. The summed E-state index contributed by atoms with van der Waals surface area (Å²) in [7, 11) is 1.58. The molecule has 1 saturated heterocycles. The van der Waals surface area contributed by atoms with Crippen molar-refractivity contribution in [3.8, 4) is 0 Å². The monoisotopic (exact) mass is 469 g/mol. The molecular weight excluding hydrogens is 443 g/mol. The Kier molecular flexibility index (Phi) is 8.53. The van der Waals surface area contributed by atoms with Crippen LogP contribution in [0.25, 0.3) is 0 Å². The Hall–Kier alpha value is -2.13. The number of benzene rings is 2. The number of hydrogen-bond donors (Lipinski definition) is 2. The summed E-state index contributed by atoms with van der Waals surface area (Å²) < 4.78 is 43.3. The Morgan fingerprint density at radius 2 is 1.94 bits per heavy atom. The Bertz CT molecular complexity index is 893. The van der Waals surface area contributed by atoms with E-state index < -0.39 is 11.7 Å². The molecule has 1 aliphatic heterocycles. The van der Waals surface area contributed by atoms with Crippen molar-refractivity contribution in [3.63, 3.8) is 0 Å². The molecule has 0 saturated carbocycles. The second-order valence-electron chi connectivity index (χ2n) is 7.87. The SMILES string of the molecule is COCCNC(=O)[C@@H]1C[C@H](NCc2ccc(C(F)(F)F)cc2)CN1Cc1cccc(Cl)c1. The number of carbonyl (C=O) groups excluding carboxylic acids is 1. The van der Waals surface area contributed by atoms with E-state index in [1.807, 2.05) is 18.2 Å². The molecule has 1 amide bonds. The van der Waals surface area contributed by atoms with Gasteiger partial charge in [-0.05, 0) is 41.8 Å². The van der Waals surface area contributed by atoms with Gasteiger partial charge in [0.2, 0.25) is 5.91 Å². The van der Waals surface area contributed by atoms with Crippen LogP contribution in [0.2, 0.25) is 5.02 Å². The van der Waals surface area contributed by atoms with Crippen LogP contribution in [-0.2, 0) is 28.8 Å². The van der Waals surface area contributed by atoms with E-state index in [0.29, 0.717) is 44.2 Å². The molecule has 32 heavy (non-hydrogen) atoms. The van der Waals surface area contributed by atoms with E-state index in [9.17, 15) is 18.0 Å². The van der Waals surface area contributed by atoms with Gasteiger partial charge < -0.3 is 15.4 Å². The van der Waals surface area contributed by atoms with Crippen LogP contribution >= 0.6 is 11.6 Å². The minimum atomic E-state index is -4.35. The zero-order valence-corrected chi connectivity index (χ0v) is 18.5. The van der Waals surface area contributed by atoms with Gasteiger partial charge in [0, 0.05) is 44.4 Å². The van der Waals surface area contributed by atoms with Crippen LogP contribution in [0.15, 0.2) is 48.5 Å². The molecule has 0 aliphatic carbocycles. The quantitative estimate of drug-likeness (QED) is 0.548. The van der Waals surface area contributed by atoms with Crippen LogP contribution in [0.5, 0.6) is 0 Å². The molecule has 0 bridgehead atoms. The number of methoxy groups -OCH3 is 1. The standard InChI is InChI=1S/C23H27ClF3N3O2/c1-32-10-9-28-22(31)21-12-20(15-30(21)14-17-3-2-4-19(24)11-17)29-13-16-5-7-18(8-6-16)23(25,26)27/h2-8,11,20-21,29H,9-10,12-15H2,1H3,(H,28,31)/t20-,21-/m0/s1. The molecule has 2 aromatic carbocycles. The maximum atomic E-state index is 12.8. The lowest BCUT2D eigenvalue weighted by atomic mass is 10.1. The molecule has 0 aromatic heterocycles. The first-order valence-electron chi connectivity index (χ1n) is 10.4. The van der Waals surface area contributed by atoms with E-state index in [1.54, 1.807) is 13.2 Å². The Morgan fingerprint density at radius 1 is 1.19 bits per heavy atom. The van der Waals surface area contributed by atoms with Crippen LogP contribution in [0.1, 0.15) is 23.1 Å². The second-order valence-corrected chi connectivity index (χ2v) is 8.30. The lowest BCUT2D eigenvalue weighted by molar-refractivity contribution is -0.137. The van der Waals surface area contributed by atoms with Gasteiger partial charge in [0.05, 0.1) is 18.2 Å². The zero-order valence-electron chi connectivity index (χ0n) is 17.8. The van der Waals surface area contributed by atoms with E-state index in [0.717, 1.165) is 23.3 Å². The molecule has 0 radical (unpaired) electrons. The van der Waals surface area contributed by atoms with Gasteiger partial charge in [-0.25, -0.2) is 0 Å². The minimum Gasteiger partial charge on any atom is -0.383 e. The van der Waals surface area contributed by atoms with Crippen LogP contribution in [0.3, 0.4) is 0 Å². The average Bonchev–Trinajstić information content (AvgIpc) is 3.15.